The molecule has 1 heterocycles. The summed E-state index contributed by atoms with van der Waals surface area (Å²) in [4.78, 5) is 0. The predicted molar refractivity (Wildman–Crippen MR) is 30.3 cm³/mol. The molecule has 1 saturated carbocycles. The summed E-state index contributed by atoms with van der Waals surface area (Å²) in [5.41, 5.74) is 0. The van der Waals surface area contributed by atoms with Crippen molar-refractivity contribution in [2.24, 2.45) is 11.8 Å². The molecule has 2 fully saturated rings. The molecule has 2 nitrogen and oxygen atoms in total. The summed E-state index contributed by atoms with van der Waals surface area (Å²) >= 11 is 0. The Kier molecular flexibility index (Phi) is 0.866. The van der Waals surface area contributed by atoms with Crippen molar-refractivity contribution in [3.05, 3.63) is 5.21 Å². The Bertz CT molecular complexity index is 94.7. The molecule has 1 N–H and O–H groups in total. The van der Waals surface area contributed by atoms with Crippen molar-refractivity contribution in [1.29, 1.82) is 0 Å². The number of rotatable bonds is 1. The van der Waals surface area contributed by atoms with Crippen LogP contribution in [0, 0.1) is 17.0 Å². The fourth-order valence-electron chi connectivity index (χ4n) is 1.43. The van der Waals surface area contributed by atoms with Crippen LogP contribution in [0.3, 0.4) is 0 Å². The number of hydrogen-bond donors (Lipinski definition) is 1. The zero-order valence-corrected chi connectivity index (χ0v) is 4.89. The lowest BCUT2D eigenvalue weighted by molar-refractivity contribution is -0.903. The van der Waals surface area contributed by atoms with E-state index in [1.54, 1.807) is 0 Å². The molecule has 2 rings (SSSR count). The van der Waals surface area contributed by atoms with Crippen LogP contribution in [0.2, 0.25) is 0 Å². The summed E-state index contributed by atoms with van der Waals surface area (Å²) in [6.07, 6.45) is 2.80. The lowest BCUT2D eigenvalue weighted by Crippen LogP contribution is -3.16. The lowest BCUT2D eigenvalue weighted by atomic mass is 9.97. The molecule has 0 amide bonds. The van der Waals surface area contributed by atoms with Crippen molar-refractivity contribution in [1.82, 2.24) is 0 Å². The van der Waals surface area contributed by atoms with Gasteiger partial charge in [-0.25, -0.2) is 0 Å². The van der Waals surface area contributed by atoms with E-state index >= 15 is 0 Å². The van der Waals surface area contributed by atoms with Crippen molar-refractivity contribution in [2.45, 2.75) is 12.8 Å². The van der Waals surface area contributed by atoms with Crippen LogP contribution < -0.4 is 5.06 Å². The minimum absolute atomic E-state index is 0.488. The summed E-state index contributed by atoms with van der Waals surface area (Å²) < 4.78 is 0. The van der Waals surface area contributed by atoms with Gasteiger partial charge in [-0.1, -0.05) is 0 Å². The molecule has 0 unspecified atom stereocenters. The average Bonchev–Trinajstić information content (AvgIpc) is 2.37. The van der Waals surface area contributed by atoms with E-state index in [-0.39, 0.29) is 0 Å². The predicted octanol–water partition coefficient (Wildman–Crippen LogP) is -0.591. The van der Waals surface area contributed by atoms with Gasteiger partial charge in [-0.15, -0.1) is 0 Å². The maximum atomic E-state index is 10.4. The molecule has 46 valence electrons. The maximum absolute atomic E-state index is 10.4. The zero-order valence-electron chi connectivity index (χ0n) is 4.89. The third-order valence-electron chi connectivity index (χ3n) is 2.27. The Balaban J connectivity index is 1.78. The highest BCUT2D eigenvalue weighted by Gasteiger charge is 2.39. The van der Waals surface area contributed by atoms with Crippen molar-refractivity contribution >= 4 is 0 Å². The standard InChI is InChI=1S/C6H11NO/c8-7-3-6(4-7)5-1-2-5/h5-7H,1-4H2. The van der Waals surface area contributed by atoms with Gasteiger partial charge in [-0.05, 0) is 18.8 Å². The smallest absolute Gasteiger partial charge is 0.0854 e. The molecule has 1 saturated heterocycles. The van der Waals surface area contributed by atoms with Crippen LogP contribution in [0.1, 0.15) is 12.8 Å². The van der Waals surface area contributed by atoms with Gasteiger partial charge in [0.2, 0.25) is 0 Å². The number of quaternary nitrogens is 1. The molecule has 2 aliphatic rings. The normalized spacial score (nSPS) is 46.1. The van der Waals surface area contributed by atoms with Gasteiger partial charge >= 0.3 is 0 Å². The Morgan fingerprint density at radius 1 is 1.12 bits per heavy atom. The van der Waals surface area contributed by atoms with Gasteiger partial charge in [0.05, 0.1) is 19.0 Å². The fraction of sp³-hybridized carbons (Fsp3) is 1.00. The van der Waals surface area contributed by atoms with E-state index in [9.17, 15) is 5.21 Å². The maximum Gasteiger partial charge on any atom is 0.0854 e. The molecule has 2 heteroatoms. The first-order chi connectivity index (χ1) is 3.86. The molecule has 0 atom stereocenters. The van der Waals surface area contributed by atoms with E-state index in [0.29, 0.717) is 5.06 Å². The Labute approximate surface area is 49.1 Å². The zero-order chi connectivity index (χ0) is 5.56. The summed E-state index contributed by atoms with van der Waals surface area (Å²) in [6.45, 7) is 1.81. The largest absolute Gasteiger partial charge is 0.634 e. The number of hydrogen-bond acceptors (Lipinski definition) is 1. The van der Waals surface area contributed by atoms with Gasteiger partial charge < -0.3 is 10.3 Å². The van der Waals surface area contributed by atoms with Gasteiger partial charge in [0.25, 0.3) is 0 Å². The third kappa shape index (κ3) is 0.644. The van der Waals surface area contributed by atoms with E-state index in [4.69, 9.17) is 0 Å². The second kappa shape index (κ2) is 1.45. The topological polar surface area (TPSA) is 27.5 Å². The molecule has 0 radical (unpaired) electrons. The van der Waals surface area contributed by atoms with E-state index < -0.39 is 0 Å². The molecule has 8 heavy (non-hydrogen) atoms. The average molecular weight is 113 g/mol. The quantitative estimate of drug-likeness (QED) is 0.452. The summed E-state index contributed by atoms with van der Waals surface area (Å²) in [5.74, 6) is 1.79. The Morgan fingerprint density at radius 3 is 2.12 bits per heavy atom. The van der Waals surface area contributed by atoms with E-state index in [1.165, 1.54) is 12.8 Å². The summed E-state index contributed by atoms with van der Waals surface area (Å²) in [6, 6.07) is 0. The van der Waals surface area contributed by atoms with Gasteiger partial charge in [0, 0.05) is 0 Å². The molecular formula is C6H11NO. The van der Waals surface area contributed by atoms with E-state index in [2.05, 4.69) is 0 Å². The van der Waals surface area contributed by atoms with Crippen LogP contribution >= 0.6 is 0 Å². The SMILES string of the molecule is [O-][NH+]1CC(C2CC2)C1. The minimum atomic E-state index is 0.488. The summed E-state index contributed by atoms with van der Waals surface area (Å²) in [5, 5.41) is 10.9. The number of hydroxylamine groups is 2. The van der Waals surface area contributed by atoms with Crippen LogP contribution in [0.15, 0.2) is 0 Å². The van der Waals surface area contributed by atoms with Gasteiger partial charge in [-0.3, -0.25) is 0 Å². The molecule has 0 aromatic carbocycles. The highest BCUT2D eigenvalue weighted by Crippen LogP contribution is 2.37. The van der Waals surface area contributed by atoms with Crippen LogP contribution in [-0.4, -0.2) is 13.1 Å². The molecule has 0 bridgehead atoms. The molecule has 0 spiro atoms. The second-order valence-corrected chi connectivity index (χ2v) is 3.04. The van der Waals surface area contributed by atoms with Gasteiger partial charge in [0.15, 0.2) is 0 Å². The first-order valence-electron chi connectivity index (χ1n) is 3.38. The van der Waals surface area contributed by atoms with Crippen LogP contribution in [-0.2, 0) is 0 Å². The van der Waals surface area contributed by atoms with Crippen LogP contribution in [0.25, 0.3) is 0 Å². The van der Waals surface area contributed by atoms with Crippen LogP contribution in [0.4, 0.5) is 0 Å². The highest BCUT2D eigenvalue weighted by molar-refractivity contribution is 4.83. The van der Waals surface area contributed by atoms with Crippen molar-refractivity contribution in [3.63, 3.8) is 0 Å². The minimum Gasteiger partial charge on any atom is -0.634 e. The number of nitrogens with one attached hydrogen (secondary N) is 1. The highest BCUT2D eigenvalue weighted by atomic mass is 16.5. The van der Waals surface area contributed by atoms with E-state index in [1.807, 2.05) is 0 Å². The Hall–Kier alpha value is -0.0800. The third-order valence-corrected chi connectivity index (χ3v) is 2.27. The van der Waals surface area contributed by atoms with Crippen molar-refractivity contribution < 1.29 is 5.06 Å². The van der Waals surface area contributed by atoms with E-state index in [0.717, 1.165) is 24.9 Å². The van der Waals surface area contributed by atoms with Crippen molar-refractivity contribution in [2.75, 3.05) is 13.1 Å². The molecule has 0 aromatic heterocycles. The first-order valence-corrected chi connectivity index (χ1v) is 3.38. The fourth-order valence-corrected chi connectivity index (χ4v) is 1.43. The van der Waals surface area contributed by atoms with Crippen molar-refractivity contribution in [3.8, 4) is 0 Å². The monoisotopic (exact) mass is 113 g/mol. The molecule has 1 aliphatic heterocycles. The molecular weight excluding hydrogens is 102 g/mol. The molecule has 0 aromatic rings. The second-order valence-electron chi connectivity index (χ2n) is 3.04. The van der Waals surface area contributed by atoms with Gasteiger partial charge in [0.1, 0.15) is 0 Å². The van der Waals surface area contributed by atoms with Crippen LogP contribution in [0.5, 0.6) is 0 Å². The molecule has 1 aliphatic carbocycles. The summed E-state index contributed by atoms with van der Waals surface area (Å²) in [7, 11) is 0. The lowest BCUT2D eigenvalue weighted by Gasteiger charge is -2.38. The Morgan fingerprint density at radius 2 is 1.75 bits per heavy atom. The first kappa shape index (κ1) is 4.77. The van der Waals surface area contributed by atoms with Gasteiger partial charge in [-0.2, -0.15) is 0 Å².